The van der Waals surface area contributed by atoms with Crippen LogP contribution in [-0.4, -0.2) is 36.0 Å². The zero-order valence-electron chi connectivity index (χ0n) is 10.9. The molecule has 0 aromatic carbocycles. The number of nitrogens with one attached hydrogen (secondary N) is 1. The molecule has 1 aromatic rings. The molecule has 0 atom stereocenters. The molecule has 1 aliphatic rings. The lowest BCUT2D eigenvalue weighted by Gasteiger charge is -2.32. The minimum absolute atomic E-state index is 0.0956. The maximum atomic E-state index is 11.6. The van der Waals surface area contributed by atoms with Gasteiger partial charge in [-0.05, 0) is 25.0 Å². The molecule has 2 rings (SSSR count). The summed E-state index contributed by atoms with van der Waals surface area (Å²) >= 11 is 5.05. The van der Waals surface area contributed by atoms with E-state index in [2.05, 4.69) is 15.2 Å². The molecule has 5 nitrogen and oxygen atoms in total. The van der Waals surface area contributed by atoms with Gasteiger partial charge in [0.1, 0.15) is 10.8 Å². The molecule has 0 saturated carbocycles. The lowest BCUT2D eigenvalue weighted by Crippen LogP contribution is -2.40. The van der Waals surface area contributed by atoms with E-state index < -0.39 is 0 Å². The van der Waals surface area contributed by atoms with Gasteiger partial charge in [0, 0.05) is 32.3 Å². The quantitative estimate of drug-likeness (QED) is 0.796. The van der Waals surface area contributed by atoms with Crippen molar-refractivity contribution in [2.24, 2.45) is 11.7 Å². The van der Waals surface area contributed by atoms with Gasteiger partial charge >= 0.3 is 0 Å². The third-order valence-electron chi connectivity index (χ3n) is 3.46. The maximum Gasteiger partial charge on any atom is 0.222 e. The first-order chi connectivity index (χ1) is 9.13. The van der Waals surface area contributed by atoms with Crippen molar-refractivity contribution in [2.45, 2.75) is 12.8 Å². The molecule has 3 N–H and O–H groups in total. The molecule has 102 valence electrons. The Labute approximate surface area is 118 Å². The van der Waals surface area contributed by atoms with Crippen LogP contribution in [0.15, 0.2) is 18.3 Å². The van der Waals surface area contributed by atoms with Crippen LogP contribution in [0.2, 0.25) is 0 Å². The second-order valence-electron chi connectivity index (χ2n) is 4.61. The van der Waals surface area contributed by atoms with E-state index in [-0.39, 0.29) is 11.8 Å². The first-order valence-corrected chi connectivity index (χ1v) is 6.75. The number of carbonyl (C=O) groups is 1. The molecule has 0 spiro atoms. The summed E-state index contributed by atoms with van der Waals surface area (Å²) in [6.07, 6.45) is 3.39. The molecule has 1 fully saturated rings. The Balaban J connectivity index is 2.10. The second kappa shape index (κ2) is 5.97. The number of hydrogen-bond donors (Lipinski definition) is 2. The Hall–Kier alpha value is -1.69. The minimum atomic E-state index is 0.0956. The molecular formula is C13H18N4OS. The molecule has 0 radical (unpaired) electrons. The summed E-state index contributed by atoms with van der Waals surface area (Å²) in [4.78, 5) is 18.5. The van der Waals surface area contributed by atoms with Crippen molar-refractivity contribution in [3.8, 4) is 0 Å². The molecule has 6 heteroatoms. The van der Waals surface area contributed by atoms with Crippen LogP contribution >= 0.6 is 12.2 Å². The summed E-state index contributed by atoms with van der Waals surface area (Å²) in [6.45, 7) is 1.59. The highest BCUT2D eigenvalue weighted by Gasteiger charge is 2.26. The summed E-state index contributed by atoms with van der Waals surface area (Å²) < 4.78 is 0. The third kappa shape index (κ3) is 3.01. The molecular weight excluding hydrogens is 260 g/mol. The van der Waals surface area contributed by atoms with Gasteiger partial charge in [-0.25, -0.2) is 4.98 Å². The molecule has 0 unspecified atom stereocenters. The third-order valence-corrected chi connectivity index (χ3v) is 3.68. The van der Waals surface area contributed by atoms with Gasteiger partial charge in [0.15, 0.2) is 0 Å². The van der Waals surface area contributed by atoms with E-state index in [0.717, 1.165) is 37.3 Å². The van der Waals surface area contributed by atoms with Crippen LogP contribution in [0, 0.1) is 5.92 Å². The molecule has 0 bridgehead atoms. The summed E-state index contributed by atoms with van der Waals surface area (Å²) in [5, 5.41) is 2.71. The normalized spacial score (nSPS) is 16.2. The molecule has 19 heavy (non-hydrogen) atoms. The van der Waals surface area contributed by atoms with Crippen LogP contribution in [0.25, 0.3) is 0 Å². The highest BCUT2D eigenvalue weighted by Crippen LogP contribution is 2.24. The number of amides is 1. The number of aromatic nitrogens is 1. The number of hydrogen-bond acceptors (Lipinski definition) is 4. The van der Waals surface area contributed by atoms with Crippen molar-refractivity contribution >= 4 is 28.9 Å². The number of nitrogens with two attached hydrogens (primary N) is 1. The van der Waals surface area contributed by atoms with Crippen molar-refractivity contribution in [2.75, 3.05) is 25.0 Å². The van der Waals surface area contributed by atoms with E-state index in [1.165, 1.54) is 0 Å². The van der Waals surface area contributed by atoms with E-state index in [1.54, 1.807) is 13.2 Å². The number of thiocarbonyl (C=S) groups is 1. The van der Waals surface area contributed by atoms with E-state index in [9.17, 15) is 4.79 Å². The van der Waals surface area contributed by atoms with Crippen LogP contribution in [0.3, 0.4) is 0 Å². The zero-order valence-corrected chi connectivity index (χ0v) is 11.7. The highest BCUT2D eigenvalue weighted by atomic mass is 32.1. The smallest absolute Gasteiger partial charge is 0.222 e. The molecule has 1 aromatic heterocycles. The summed E-state index contributed by atoms with van der Waals surface area (Å²) in [6, 6.07) is 3.71. The molecule has 0 aliphatic carbocycles. The predicted molar refractivity (Wildman–Crippen MR) is 79.1 cm³/mol. The maximum absolute atomic E-state index is 11.6. The van der Waals surface area contributed by atoms with Crippen LogP contribution in [-0.2, 0) is 4.79 Å². The Kier molecular flexibility index (Phi) is 4.31. The van der Waals surface area contributed by atoms with E-state index in [1.807, 2.05) is 12.1 Å². The van der Waals surface area contributed by atoms with Gasteiger partial charge in [-0.15, -0.1) is 0 Å². The monoisotopic (exact) mass is 278 g/mol. The first kappa shape index (κ1) is 13.7. The number of nitrogens with zero attached hydrogens (tertiary/aromatic N) is 2. The lowest BCUT2D eigenvalue weighted by molar-refractivity contribution is -0.125. The Morgan fingerprint density at radius 1 is 1.53 bits per heavy atom. The van der Waals surface area contributed by atoms with Crippen LogP contribution in [0.5, 0.6) is 0 Å². The second-order valence-corrected chi connectivity index (χ2v) is 5.05. The fourth-order valence-corrected chi connectivity index (χ4v) is 2.56. The fourth-order valence-electron chi connectivity index (χ4n) is 2.40. The Bertz CT molecular complexity index is 483. The molecule has 1 aliphatic heterocycles. The van der Waals surface area contributed by atoms with Gasteiger partial charge in [0.25, 0.3) is 0 Å². The largest absolute Gasteiger partial charge is 0.389 e. The average molecular weight is 278 g/mol. The minimum Gasteiger partial charge on any atom is -0.389 e. The number of anilines is 1. The van der Waals surface area contributed by atoms with E-state index in [4.69, 9.17) is 18.0 Å². The van der Waals surface area contributed by atoms with Crippen molar-refractivity contribution in [3.63, 3.8) is 0 Å². The summed E-state index contributed by atoms with van der Waals surface area (Å²) in [5.41, 5.74) is 6.52. The van der Waals surface area contributed by atoms with Gasteiger partial charge in [-0.1, -0.05) is 12.2 Å². The topological polar surface area (TPSA) is 71.2 Å². The Morgan fingerprint density at radius 2 is 2.21 bits per heavy atom. The van der Waals surface area contributed by atoms with Crippen molar-refractivity contribution in [3.05, 3.63) is 23.9 Å². The number of pyridine rings is 1. The van der Waals surface area contributed by atoms with Gasteiger partial charge in [-0.3, -0.25) is 4.79 Å². The van der Waals surface area contributed by atoms with Gasteiger partial charge in [0.05, 0.1) is 5.56 Å². The molecule has 2 heterocycles. The highest BCUT2D eigenvalue weighted by molar-refractivity contribution is 7.80. The van der Waals surface area contributed by atoms with Crippen molar-refractivity contribution < 1.29 is 4.79 Å². The predicted octanol–water partition coefficient (Wildman–Crippen LogP) is 0.678. The summed E-state index contributed by atoms with van der Waals surface area (Å²) in [7, 11) is 1.68. The van der Waals surface area contributed by atoms with Crippen LogP contribution in [0.1, 0.15) is 18.4 Å². The average Bonchev–Trinajstić information content (AvgIpc) is 2.46. The van der Waals surface area contributed by atoms with Crippen molar-refractivity contribution in [1.29, 1.82) is 0 Å². The number of rotatable bonds is 3. The first-order valence-electron chi connectivity index (χ1n) is 6.35. The summed E-state index contributed by atoms with van der Waals surface area (Å²) in [5.74, 6) is 1.04. The number of carbonyl (C=O) groups excluding carboxylic acids is 1. The van der Waals surface area contributed by atoms with Crippen molar-refractivity contribution in [1.82, 2.24) is 10.3 Å². The molecule has 1 saturated heterocycles. The lowest BCUT2D eigenvalue weighted by atomic mass is 9.95. The van der Waals surface area contributed by atoms with Gasteiger partial charge in [-0.2, -0.15) is 0 Å². The molecule has 1 amide bonds. The van der Waals surface area contributed by atoms with E-state index >= 15 is 0 Å². The van der Waals surface area contributed by atoms with Crippen LogP contribution < -0.4 is 16.0 Å². The van der Waals surface area contributed by atoms with E-state index in [0.29, 0.717) is 4.99 Å². The Morgan fingerprint density at radius 3 is 2.79 bits per heavy atom. The zero-order chi connectivity index (χ0) is 13.8. The van der Waals surface area contributed by atoms with Gasteiger partial charge in [0.2, 0.25) is 5.91 Å². The number of piperidine rings is 1. The standard InChI is InChI=1S/C13H18N4OS/c1-15-13(18)9-4-7-17(8-5-9)12-10(11(14)19)3-2-6-16-12/h2-3,6,9H,4-5,7-8H2,1H3,(H2,14,19)(H,15,18). The van der Waals surface area contributed by atoms with Crippen LogP contribution in [0.4, 0.5) is 5.82 Å². The SMILES string of the molecule is CNC(=O)C1CCN(c2ncccc2C(N)=S)CC1. The fraction of sp³-hybridized carbons (Fsp3) is 0.462. The van der Waals surface area contributed by atoms with Gasteiger partial charge < -0.3 is 16.0 Å².